The smallest absolute Gasteiger partial charge is 0.336 e. The van der Waals surface area contributed by atoms with Crippen LogP contribution in [-0.4, -0.2) is 71.6 Å². The molecule has 0 spiro atoms. The van der Waals surface area contributed by atoms with Crippen molar-refractivity contribution in [3.63, 3.8) is 0 Å². The maximum atomic E-state index is 12.7. The molecule has 31 heavy (non-hydrogen) atoms. The second kappa shape index (κ2) is 8.42. The maximum absolute atomic E-state index is 12.7. The maximum Gasteiger partial charge on any atom is 0.415 e. The van der Waals surface area contributed by atoms with Gasteiger partial charge in [0.2, 0.25) is 11.5 Å². The van der Waals surface area contributed by atoms with Crippen LogP contribution in [0, 0.1) is 0 Å². The Balaban J connectivity index is 1.48. The zero-order chi connectivity index (χ0) is 22.0. The molecule has 1 aliphatic heterocycles. The van der Waals surface area contributed by atoms with Crippen molar-refractivity contribution >= 4 is 34.4 Å². The van der Waals surface area contributed by atoms with Gasteiger partial charge in [-0.05, 0) is 37.4 Å². The number of nitrogens with one attached hydrogen (secondary N) is 4. The largest absolute Gasteiger partial charge is 0.415 e. The number of piperazine rings is 1. The van der Waals surface area contributed by atoms with Crippen molar-refractivity contribution in [1.82, 2.24) is 19.8 Å². The first-order chi connectivity index (χ1) is 14.8. The van der Waals surface area contributed by atoms with Crippen LogP contribution in [0.2, 0.25) is 0 Å². The molecule has 1 aromatic carbocycles. The molecular weight excluding hydrogens is 411 g/mol. The molecule has 2 aromatic heterocycles. The summed E-state index contributed by atoms with van der Waals surface area (Å²) in [4.78, 5) is 26.8. The van der Waals surface area contributed by atoms with E-state index in [1.165, 1.54) is 0 Å². The van der Waals surface area contributed by atoms with Crippen molar-refractivity contribution in [1.29, 1.82) is 0 Å². The van der Waals surface area contributed by atoms with Crippen LogP contribution in [0.4, 0.5) is 30.6 Å². The molecule has 4 rings (SSSR count). The number of rotatable bonds is 5. The lowest BCUT2D eigenvalue weighted by molar-refractivity contribution is -0.346. The van der Waals surface area contributed by atoms with E-state index in [0.717, 1.165) is 13.1 Å². The zero-order valence-electron chi connectivity index (χ0n) is 16.9. The fraction of sp³-hybridized carbons (Fsp3) is 0.350. The summed E-state index contributed by atoms with van der Waals surface area (Å²) in [6.45, 7) is 1.91. The summed E-state index contributed by atoms with van der Waals surface area (Å²) in [7, 11) is 2.03. The van der Waals surface area contributed by atoms with Crippen molar-refractivity contribution in [2.75, 3.05) is 50.4 Å². The number of likely N-dealkylation sites (N-methyl/N-ethyl adjacent to an activating group) is 1. The molecule has 11 heteroatoms. The number of carbonyl (C=O) groups is 1. The summed E-state index contributed by atoms with van der Waals surface area (Å²) in [5.74, 6) is 0.446. The highest BCUT2D eigenvalue weighted by molar-refractivity contribution is 5.94. The Morgan fingerprint density at radius 3 is 2.55 bits per heavy atom. The Morgan fingerprint density at radius 2 is 1.87 bits per heavy atom. The van der Waals surface area contributed by atoms with E-state index in [1.54, 1.807) is 36.5 Å². The SMILES string of the molecule is CN1CCN(C(=O)c2ccc(Nc3nc4[nH]ccc4c(NCC(F)(F)F)[nH+]3)cc2)CC1. The number of halogens is 3. The number of alkyl halides is 3. The van der Waals surface area contributed by atoms with Gasteiger partial charge in [0.1, 0.15) is 6.54 Å². The fourth-order valence-electron chi connectivity index (χ4n) is 3.39. The highest BCUT2D eigenvalue weighted by Gasteiger charge is 2.29. The number of benzene rings is 1. The van der Waals surface area contributed by atoms with Gasteiger partial charge in [0.25, 0.3) is 5.91 Å². The van der Waals surface area contributed by atoms with Gasteiger partial charge in [0, 0.05) is 37.9 Å². The van der Waals surface area contributed by atoms with Gasteiger partial charge in [-0.2, -0.15) is 13.2 Å². The molecule has 1 aliphatic rings. The second-order valence-electron chi connectivity index (χ2n) is 7.47. The molecule has 1 amide bonds. The molecule has 0 unspecified atom stereocenters. The van der Waals surface area contributed by atoms with Crippen molar-refractivity contribution in [3.8, 4) is 0 Å². The van der Waals surface area contributed by atoms with E-state index in [9.17, 15) is 18.0 Å². The lowest BCUT2D eigenvalue weighted by Gasteiger charge is -2.32. The first-order valence-electron chi connectivity index (χ1n) is 9.84. The van der Waals surface area contributed by atoms with E-state index >= 15 is 0 Å². The average Bonchev–Trinajstić information content (AvgIpc) is 3.21. The topological polar surface area (TPSA) is 90.4 Å². The number of carbonyl (C=O) groups excluding carboxylic acids is 1. The van der Waals surface area contributed by atoms with E-state index in [1.807, 2.05) is 11.9 Å². The molecule has 3 heterocycles. The average molecular weight is 434 g/mol. The van der Waals surface area contributed by atoms with Gasteiger partial charge in [0.05, 0.1) is 11.1 Å². The third-order valence-corrected chi connectivity index (χ3v) is 5.11. The van der Waals surface area contributed by atoms with Gasteiger partial charge in [-0.3, -0.25) is 10.1 Å². The summed E-state index contributed by atoms with van der Waals surface area (Å²) in [5.41, 5.74) is 1.67. The van der Waals surface area contributed by atoms with Crippen LogP contribution < -0.4 is 15.6 Å². The number of fused-ring (bicyclic) bond motifs is 1. The number of aromatic nitrogens is 3. The second-order valence-corrected chi connectivity index (χ2v) is 7.47. The van der Waals surface area contributed by atoms with Gasteiger partial charge < -0.3 is 20.1 Å². The van der Waals surface area contributed by atoms with Crippen LogP contribution in [0.15, 0.2) is 36.5 Å². The highest BCUT2D eigenvalue weighted by Crippen LogP contribution is 2.22. The molecule has 1 fully saturated rings. The predicted molar refractivity (Wildman–Crippen MR) is 110 cm³/mol. The van der Waals surface area contributed by atoms with Gasteiger partial charge in [-0.15, -0.1) is 0 Å². The number of H-pyrrole nitrogens is 2. The van der Waals surface area contributed by atoms with Crippen LogP contribution in [-0.2, 0) is 0 Å². The number of amides is 1. The first-order valence-corrected chi connectivity index (χ1v) is 9.84. The summed E-state index contributed by atoms with van der Waals surface area (Å²) < 4.78 is 37.9. The summed E-state index contributed by atoms with van der Waals surface area (Å²) >= 11 is 0. The third kappa shape index (κ3) is 5.05. The zero-order valence-corrected chi connectivity index (χ0v) is 16.9. The predicted octanol–water partition coefficient (Wildman–Crippen LogP) is 2.48. The number of hydrogen-bond donors (Lipinski definition) is 3. The van der Waals surface area contributed by atoms with Gasteiger partial charge in [-0.25, -0.2) is 4.98 Å². The Labute approximate surface area is 176 Å². The molecule has 0 atom stereocenters. The lowest BCUT2D eigenvalue weighted by atomic mass is 10.1. The molecule has 0 radical (unpaired) electrons. The van der Waals surface area contributed by atoms with E-state index in [2.05, 4.69) is 30.5 Å². The monoisotopic (exact) mass is 434 g/mol. The van der Waals surface area contributed by atoms with Gasteiger partial charge in [0.15, 0.2) is 0 Å². The summed E-state index contributed by atoms with van der Waals surface area (Å²) in [6.07, 6.45) is -2.74. The number of hydrogen-bond acceptors (Lipinski definition) is 5. The van der Waals surface area contributed by atoms with E-state index < -0.39 is 12.7 Å². The van der Waals surface area contributed by atoms with Crippen molar-refractivity contribution in [3.05, 3.63) is 42.1 Å². The first kappa shape index (κ1) is 20.9. The van der Waals surface area contributed by atoms with E-state index in [-0.39, 0.29) is 17.7 Å². The summed E-state index contributed by atoms with van der Waals surface area (Å²) in [6, 6.07) is 8.55. The number of anilines is 3. The molecule has 4 N–H and O–H groups in total. The van der Waals surface area contributed by atoms with E-state index in [4.69, 9.17) is 0 Å². The van der Waals surface area contributed by atoms with Gasteiger partial charge >= 0.3 is 12.1 Å². The van der Waals surface area contributed by atoms with Crippen molar-refractivity contribution in [2.24, 2.45) is 0 Å². The minimum atomic E-state index is -4.35. The molecule has 164 valence electrons. The number of nitrogens with zero attached hydrogens (tertiary/aromatic N) is 3. The minimum absolute atomic E-state index is 0.0178. The van der Waals surface area contributed by atoms with Crippen molar-refractivity contribution < 1.29 is 22.9 Å². The molecule has 8 nitrogen and oxygen atoms in total. The Hall–Kier alpha value is -3.34. The molecule has 1 saturated heterocycles. The third-order valence-electron chi connectivity index (χ3n) is 5.11. The van der Waals surface area contributed by atoms with E-state index in [0.29, 0.717) is 35.4 Å². The Morgan fingerprint density at radius 1 is 1.16 bits per heavy atom. The standard InChI is InChI=1S/C20H22F3N7O/c1-29-8-10-30(11-9-29)18(31)13-2-4-14(5-3-13)26-19-27-16-15(6-7-24-16)17(28-19)25-12-20(21,22)23/h2-7H,8-12H2,1H3,(H3,24,25,26,27,28)/p+1. The lowest BCUT2D eigenvalue weighted by Crippen LogP contribution is -2.47. The molecule has 0 saturated carbocycles. The number of aromatic amines is 2. The van der Waals surface area contributed by atoms with Crippen molar-refractivity contribution in [2.45, 2.75) is 6.18 Å². The highest BCUT2D eigenvalue weighted by atomic mass is 19.4. The molecule has 0 bridgehead atoms. The Kier molecular flexibility index (Phi) is 5.68. The quantitative estimate of drug-likeness (QED) is 0.574. The molecular formula is C20H23F3N7O+. The normalized spacial score (nSPS) is 15.3. The van der Waals surface area contributed by atoms with Crippen LogP contribution in [0.1, 0.15) is 10.4 Å². The van der Waals surface area contributed by atoms with Crippen LogP contribution in [0.3, 0.4) is 0 Å². The van der Waals surface area contributed by atoms with Crippen LogP contribution in [0.5, 0.6) is 0 Å². The molecule has 0 aliphatic carbocycles. The van der Waals surface area contributed by atoms with Gasteiger partial charge in [-0.1, -0.05) is 4.98 Å². The van der Waals surface area contributed by atoms with Crippen LogP contribution >= 0.6 is 0 Å². The van der Waals surface area contributed by atoms with Crippen LogP contribution in [0.25, 0.3) is 11.0 Å². The Bertz CT molecular complexity index is 1060. The minimum Gasteiger partial charge on any atom is -0.336 e. The molecule has 3 aromatic rings. The summed E-state index contributed by atoms with van der Waals surface area (Å²) in [5, 5.41) is 5.92. The fourth-order valence-corrected chi connectivity index (χ4v) is 3.39.